The molecule has 2 aromatic rings. The van der Waals surface area contributed by atoms with Crippen molar-refractivity contribution in [1.29, 1.82) is 0 Å². The van der Waals surface area contributed by atoms with Crippen molar-refractivity contribution in [1.82, 2.24) is 4.98 Å². The molecule has 0 saturated heterocycles. The number of aryl methyl sites for hydroxylation is 2. The summed E-state index contributed by atoms with van der Waals surface area (Å²) in [6, 6.07) is 5.04. The van der Waals surface area contributed by atoms with Crippen molar-refractivity contribution >= 4 is 11.6 Å². The lowest BCUT2D eigenvalue weighted by molar-refractivity contribution is 0.102. The van der Waals surface area contributed by atoms with Gasteiger partial charge in [-0.3, -0.25) is 9.78 Å². The van der Waals surface area contributed by atoms with E-state index in [4.69, 9.17) is 0 Å². The molecule has 0 aliphatic carbocycles. The van der Waals surface area contributed by atoms with Gasteiger partial charge < -0.3 is 15.5 Å². The van der Waals surface area contributed by atoms with E-state index in [1.54, 1.807) is 25.1 Å². The van der Waals surface area contributed by atoms with Gasteiger partial charge in [0.1, 0.15) is 5.75 Å². The molecule has 0 aliphatic rings. The molecule has 1 aromatic carbocycles. The van der Waals surface area contributed by atoms with Gasteiger partial charge in [-0.15, -0.1) is 0 Å². The van der Waals surface area contributed by atoms with E-state index in [-0.39, 0.29) is 17.9 Å². The number of hydrogen-bond acceptors (Lipinski definition) is 4. The van der Waals surface area contributed by atoms with Gasteiger partial charge in [-0.1, -0.05) is 6.07 Å². The molecule has 2 rings (SSSR count). The van der Waals surface area contributed by atoms with Crippen LogP contribution >= 0.6 is 0 Å². The van der Waals surface area contributed by atoms with E-state index in [0.29, 0.717) is 16.8 Å². The number of aromatic hydroxyl groups is 1. The number of nitrogens with one attached hydrogen (secondary N) is 1. The zero-order chi connectivity index (χ0) is 14.7. The quantitative estimate of drug-likeness (QED) is 0.799. The highest BCUT2D eigenvalue weighted by atomic mass is 16.3. The Morgan fingerprint density at radius 2 is 2.10 bits per heavy atom. The molecule has 0 atom stereocenters. The second-order valence-corrected chi connectivity index (χ2v) is 4.62. The number of phenols is 1. The highest BCUT2D eigenvalue weighted by Gasteiger charge is 2.15. The Morgan fingerprint density at radius 3 is 2.80 bits per heavy atom. The summed E-state index contributed by atoms with van der Waals surface area (Å²) >= 11 is 0. The summed E-state index contributed by atoms with van der Waals surface area (Å²) in [5, 5.41) is 21.8. The average molecular weight is 272 g/mol. The monoisotopic (exact) mass is 272 g/mol. The predicted molar refractivity (Wildman–Crippen MR) is 75.7 cm³/mol. The standard InChI is InChI=1S/C15H16N2O3/c1-9-5-10(2)14(19)12(6-9)15(20)17-13-7-16-4-3-11(13)8-18/h3-7,18-19H,8H2,1-2H3,(H,17,20). The lowest BCUT2D eigenvalue weighted by atomic mass is 10.0. The minimum atomic E-state index is -0.433. The molecule has 1 heterocycles. The maximum Gasteiger partial charge on any atom is 0.259 e. The molecule has 1 amide bonds. The number of carbonyl (C=O) groups excluding carboxylic acids is 1. The normalized spacial score (nSPS) is 10.3. The van der Waals surface area contributed by atoms with Crippen LogP contribution in [0.5, 0.6) is 5.75 Å². The highest BCUT2D eigenvalue weighted by molar-refractivity contribution is 6.06. The molecular formula is C15H16N2O3. The van der Waals surface area contributed by atoms with Gasteiger partial charge in [0.2, 0.25) is 0 Å². The van der Waals surface area contributed by atoms with E-state index < -0.39 is 5.91 Å². The molecular weight excluding hydrogens is 256 g/mol. The molecule has 1 aromatic heterocycles. The molecule has 0 aliphatic heterocycles. The van der Waals surface area contributed by atoms with Gasteiger partial charge in [-0.05, 0) is 37.1 Å². The summed E-state index contributed by atoms with van der Waals surface area (Å²) < 4.78 is 0. The van der Waals surface area contributed by atoms with E-state index in [2.05, 4.69) is 10.3 Å². The van der Waals surface area contributed by atoms with Crippen molar-refractivity contribution in [2.24, 2.45) is 0 Å². The third-order valence-corrected chi connectivity index (χ3v) is 3.02. The number of hydrogen-bond donors (Lipinski definition) is 3. The van der Waals surface area contributed by atoms with Crippen LogP contribution in [0.25, 0.3) is 0 Å². The van der Waals surface area contributed by atoms with Crippen LogP contribution in [0.2, 0.25) is 0 Å². The molecule has 104 valence electrons. The number of aliphatic hydroxyl groups excluding tert-OH is 1. The SMILES string of the molecule is Cc1cc(C)c(O)c(C(=O)Nc2cnccc2CO)c1. The Bertz CT molecular complexity index is 654. The van der Waals surface area contributed by atoms with Crippen molar-refractivity contribution in [2.75, 3.05) is 5.32 Å². The number of pyridine rings is 1. The van der Waals surface area contributed by atoms with Crippen LogP contribution in [0.15, 0.2) is 30.6 Å². The summed E-state index contributed by atoms with van der Waals surface area (Å²) in [5.74, 6) is -0.473. The molecule has 0 saturated carbocycles. The first kappa shape index (κ1) is 14.0. The molecule has 0 fully saturated rings. The van der Waals surface area contributed by atoms with Crippen LogP contribution in [-0.4, -0.2) is 21.1 Å². The first-order valence-electron chi connectivity index (χ1n) is 6.18. The number of amides is 1. The fourth-order valence-corrected chi connectivity index (χ4v) is 2.00. The molecule has 0 unspecified atom stereocenters. The van der Waals surface area contributed by atoms with E-state index in [1.807, 2.05) is 6.92 Å². The molecule has 0 radical (unpaired) electrons. The first-order chi connectivity index (χ1) is 9.52. The van der Waals surface area contributed by atoms with E-state index in [0.717, 1.165) is 5.56 Å². The van der Waals surface area contributed by atoms with Gasteiger partial charge >= 0.3 is 0 Å². The van der Waals surface area contributed by atoms with Crippen molar-refractivity contribution in [3.63, 3.8) is 0 Å². The number of benzene rings is 1. The number of aliphatic hydroxyl groups is 1. The summed E-state index contributed by atoms with van der Waals surface area (Å²) in [7, 11) is 0. The Balaban J connectivity index is 2.33. The van der Waals surface area contributed by atoms with E-state index in [1.165, 1.54) is 12.4 Å². The summed E-state index contributed by atoms with van der Waals surface area (Å²) in [6.45, 7) is 3.39. The molecule has 20 heavy (non-hydrogen) atoms. The summed E-state index contributed by atoms with van der Waals surface area (Å²) in [6.07, 6.45) is 3.00. The van der Waals surface area contributed by atoms with E-state index >= 15 is 0 Å². The van der Waals surface area contributed by atoms with Crippen LogP contribution in [0.4, 0.5) is 5.69 Å². The number of nitrogens with zero attached hydrogens (tertiary/aromatic N) is 1. The second kappa shape index (κ2) is 5.71. The van der Waals surface area contributed by atoms with Crippen LogP contribution in [0, 0.1) is 13.8 Å². The molecule has 0 spiro atoms. The van der Waals surface area contributed by atoms with Crippen molar-refractivity contribution in [3.05, 3.63) is 52.8 Å². The zero-order valence-corrected chi connectivity index (χ0v) is 11.3. The van der Waals surface area contributed by atoms with Crippen molar-refractivity contribution in [3.8, 4) is 5.75 Å². The van der Waals surface area contributed by atoms with Crippen LogP contribution in [-0.2, 0) is 6.61 Å². The zero-order valence-electron chi connectivity index (χ0n) is 11.3. The predicted octanol–water partition coefficient (Wildman–Crippen LogP) is 2.15. The molecule has 0 bridgehead atoms. The lowest BCUT2D eigenvalue weighted by Crippen LogP contribution is -2.14. The minimum Gasteiger partial charge on any atom is -0.507 e. The average Bonchev–Trinajstić information content (AvgIpc) is 2.43. The van der Waals surface area contributed by atoms with Crippen LogP contribution in [0.1, 0.15) is 27.0 Å². The summed E-state index contributed by atoms with van der Waals surface area (Å²) in [5.41, 5.74) is 2.73. The fourth-order valence-electron chi connectivity index (χ4n) is 2.00. The van der Waals surface area contributed by atoms with Crippen molar-refractivity contribution < 1.29 is 15.0 Å². The fraction of sp³-hybridized carbons (Fsp3) is 0.200. The number of phenolic OH excluding ortho intramolecular Hbond substituents is 1. The first-order valence-corrected chi connectivity index (χ1v) is 6.18. The van der Waals surface area contributed by atoms with Gasteiger partial charge in [0.15, 0.2) is 0 Å². The number of rotatable bonds is 3. The second-order valence-electron chi connectivity index (χ2n) is 4.62. The number of carbonyl (C=O) groups is 1. The molecule has 3 N–H and O–H groups in total. The smallest absolute Gasteiger partial charge is 0.259 e. The maximum absolute atomic E-state index is 12.2. The number of anilines is 1. The topological polar surface area (TPSA) is 82.5 Å². The van der Waals surface area contributed by atoms with Gasteiger partial charge in [-0.2, -0.15) is 0 Å². The van der Waals surface area contributed by atoms with Gasteiger partial charge in [0, 0.05) is 11.8 Å². The molecule has 5 nitrogen and oxygen atoms in total. The Kier molecular flexibility index (Phi) is 4.00. The van der Waals surface area contributed by atoms with E-state index in [9.17, 15) is 15.0 Å². The lowest BCUT2D eigenvalue weighted by Gasteiger charge is -2.11. The highest BCUT2D eigenvalue weighted by Crippen LogP contribution is 2.25. The van der Waals surface area contributed by atoms with Crippen LogP contribution < -0.4 is 5.32 Å². The minimum absolute atomic E-state index is 0.0393. The Morgan fingerprint density at radius 1 is 1.35 bits per heavy atom. The van der Waals surface area contributed by atoms with Gasteiger partial charge in [-0.25, -0.2) is 0 Å². The summed E-state index contributed by atoms with van der Waals surface area (Å²) in [4.78, 5) is 16.1. The Labute approximate surface area is 116 Å². The van der Waals surface area contributed by atoms with Gasteiger partial charge in [0.05, 0.1) is 24.1 Å². The third kappa shape index (κ3) is 2.78. The number of aromatic nitrogens is 1. The largest absolute Gasteiger partial charge is 0.507 e. The maximum atomic E-state index is 12.2. The molecule has 5 heteroatoms. The van der Waals surface area contributed by atoms with Gasteiger partial charge in [0.25, 0.3) is 5.91 Å². The third-order valence-electron chi connectivity index (χ3n) is 3.02. The van der Waals surface area contributed by atoms with Crippen molar-refractivity contribution in [2.45, 2.75) is 20.5 Å². The van der Waals surface area contributed by atoms with Crippen LogP contribution in [0.3, 0.4) is 0 Å². The Hall–Kier alpha value is -2.40.